The van der Waals surface area contributed by atoms with E-state index in [2.05, 4.69) is 6.92 Å². The molecule has 0 radical (unpaired) electrons. The molecule has 0 aromatic heterocycles. The fourth-order valence-electron chi connectivity index (χ4n) is 3.35. The third-order valence-electron chi connectivity index (χ3n) is 4.68. The van der Waals surface area contributed by atoms with Gasteiger partial charge in [0.05, 0.1) is 19.3 Å². The van der Waals surface area contributed by atoms with Gasteiger partial charge in [0.2, 0.25) is 0 Å². The van der Waals surface area contributed by atoms with Crippen molar-refractivity contribution in [1.82, 2.24) is 0 Å². The van der Waals surface area contributed by atoms with E-state index in [9.17, 15) is 5.11 Å². The van der Waals surface area contributed by atoms with Crippen molar-refractivity contribution in [2.24, 2.45) is 11.8 Å². The van der Waals surface area contributed by atoms with Gasteiger partial charge in [0.25, 0.3) is 0 Å². The molecular weight excluding hydrogens is 264 g/mol. The van der Waals surface area contributed by atoms with Crippen molar-refractivity contribution in [2.45, 2.75) is 51.6 Å². The molecule has 1 aliphatic heterocycles. The molecule has 2 aliphatic rings. The third-order valence-corrected chi connectivity index (χ3v) is 4.68. The van der Waals surface area contributed by atoms with Crippen molar-refractivity contribution in [3.63, 3.8) is 0 Å². The molecule has 1 heterocycles. The van der Waals surface area contributed by atoms with Crippen LogP contribution in [-0.2, 0) is 0 Å². The molecule has 3 rings (SSSR count). The lowest BCUT2D eigenvalue weighted by Gasteiger charge is -2.24. The topological polar surface area (TPSA) is 38.7 Å². The monoisotopic (exact) mass is 290 g/mol. The Balaban J connectivity index is 1.67. The Hall–Kier alpha value is -1.22. The SMILES string of the molecule is CC1COc2ccc(C(O)CC3CCCCC3)cc2OC1. The summed E-state index contributed by atoms with van der Waals surface area (Å²) >= 11 is 0. The zero-order chi connectivity index (χ0) is 14.7. The maximum Gasteiger partial charge on any atom is 0.161 e. The van der Waals surface area contributed by atoms with Crippen LogP contribution in [0, 0.1) is 11.8 Å². The Morgan fingerprint density at radius 1 is 1.10 bits per heavy atom. The molecule has 0 amide bonds. The van der Waals surface area contributed by atoms with Crippen LogP contribution in [0.4, 0.5) is 0 Å². The van der Waals surface area contributed by atoms with Crippen molar-refractivity contribution >= 4 is 0 Å². The minimum atomic E-state index is -0.386. The first-order valence-electron chi connectivity index (χ1n) is 8.30. The standard InChI is InChI=1S/C18H26O3/c1-13-11-20-17-8-7-15(10-18(17)21-12-13)16(19)9-14-5-3-2-4-6-14/h7-8,10,13-14,16,19H,2-6,9,11-12H2,1H3. The molecule has 1 aliphatic carbocycles. The molecule has 1 aromatic rings. The number of hydrogen-bond acceptors (Lipinski definition) is 3. The number of fused-ring (bicyclic) bond motifs is 1. The zero-order valence-corrected chi connectivity index (χ0v) is 12.9. The second-order valence-corrected chi connectivity index (χ2v) is 6.69. The van der Waals surface area contributed by atoms with E-state index in [-0.39, 0.29) is 6.10 Å². The van der Waals surface area contributed by atoms with E-state index in [4.69, 9.17) is 9.47 Å². The van der Waals surface area contributed by atoms with Crippen LogP contribution in [0.5, 0.6) is 11.5 Å². The molecule has 21 heavy (non-hydrogen) atoms. The summed E-state index contributed by atoms with van der Waals surface area (Å²) in [6.07, 6.45) is 7.00. The van der Waals surface area contributed by atoms with Gasteiger partial charge in [0.1, 0.15) is 0 Å². The molecule has 2 atom stereocenters. The van der Waals surface area contributed by atoms with Crippen LogP contribution in [0.1, 0.15) is 57.1 Å². The summed E-state index contributed by atoms with van der Waals surface area (Å²) in [5.41, 5.74) is 0.956. The largest absolute Gasteiger partial charge is 0.489 e. The zero-order valence-electron chi connectivity index (χ0n) is 12.9. The van der Waals surface area contributed by atoms with Gasteiger partial charge in [-0.3, -0.25) is 0 Å². The van der Waals surface area contributed by atoms with Crippen molar-refractivity contribution in [2.75, 3.05) is 13.2 Å². The molecule has 1 aromatic carbocycles. The first-order chi connectivity index (χ1) is 10.2. The van der Waals surface area contributed by atoms with E-state index in [1.54, 1.807) is 0 Å². The highest BCUT2D eigenvalue weighted by Crippen LogP contribution is 2.36. The second-order valence-electron chi connectivity index (χ2n) is 6.69. The van der Waals surface area contributed by atoms with E-state index in [1.807, 2.05) is 18.2 Å². The van der Waals surface area contributed by atoms with Crippen molar-refractivity contribution in [3.8, 4) is 11.5 Å². The number of aliphatic hydroxyl groups excluding tert-OH is 1. The third kappa shape index (κ3) is 3.70. The molecule has 1 fully saturated rings. The van der Waals surface area contributed by atoms with Gasteiger partial charge in [0.15, 0.2) is 11.5 Å². The summed E-state index contributed by atoms with van der Waals surface area (Å²) in [5.74, 6) is 2.64. The van der Waals surface area contributed by atoms with Gasteiger partial charge in [-0.2, -0.15) is 0 Å². The first kappa shape index (κ1) is 14.7. The van der Waals surface area contributed by atoms with E-state index >= 15 is 0 Å². The number of rotatable bonds is 3. The molecule has 3 nitrogen and oxygen atoms in total. The number of aliphatic hydroxyl groups is 1. The van der Waals surface area contributed by atoms with E-state index < -0.39 is 0 Å². The first-order valence-corrected chi connectivity index (χ1v) is 8.30. The highest BCUT2D eigenvalue weighted by atomic mass is 16.5. The second kappa shape index (κ2) is 6.69. The lowest BCUT2D eigenvalue weighted by atomic mass is 9.84. The maximum absolute atomic E-state index is 10.5. The fourth-order valence-corrected chi connectivity index (χ4v) is 3.35. The molecule has 1 N–H and O–H groups in total. The van der Waals surface area contributed by atoms with Crippen LogP contribution >= 0.6 is 0 Å². The lowest BCUT2D eigenvalue weighted by molar-refractivity contribution is 0.131. The quantitative estimate of drug-likeness (QED) is 0.911. The predicted octanol–water partition coefficient (Wildman–Crippen LogP) is 4.10. The maximum atomic E-state index is 10.5. The van der Waals surface area contributed by atoms with Crippen LogP contribution in [0.3, 0.4) is 0 Å². The summed E-state index contributed by atoms with van der Waals surface area (Å²) < 4.78 is 11.5. The highest BCUT2D eigenvalue weighted by Gasteiger charge is 2.21. The van der Waals surface area contributed by atoms with Crippen molar-refractivity contribution in [1.29, 1.82) is 0 Å². The smallest absolute Gasteiger partial charge is 0.161 e. The number of hydrogen-bond donors (Lipinski definition) is 1. The average molecular weight is 290 g/mol. The Kier molecular flexibility index (Phi) is 4.69. The van der Waals surface area contributed by atoms with Gasteiger partial charge in [-0.25, -0.2) is 0 Å². The van der Waals surface area contributed by atoms with Crippen LogP contribution in [0.2, 0.25) is 0 Å². The lowest BCUT2D eigenvalue weighted by Crippen LogP contribution is -2.12. The van der Waals surface area contributed by atoms with Gasteiger partial charge in [-0.1, -0.05) is 45.1 Å². The molecule has 2 unspecified atom stereocenters. The summed E-state index contributed by atoms with van der Waals surface area (Å²) in [7, 11) is 0. The molecule has 3 heteroatoms. The molecule has 1 saturated carbocycles. The van der Waals surface area contributed by atoms with Gasteiger partial charge in [0, 0.05) is 5.92 Å². The molecule has 0 bridgehead atoms. The Morgan fingerprint density at radius 3 is 2.57 bits per heavy atom. The predicted molar refractivity (Wildman–Crippen MR) is 82.7 cm³/mol. The van der Waals surface area contributed by atoms with Crippen LogP contribution < -0.4 is 9.47 Å². The molecule has 0 spiro atoms. The Bertz CT molecular complexity index is 466. The van der Waals surface area contributed by atoms with Gasteiger partial charge in [-0.05, 0) is 30.0 Å². The van der Waals surface area contributed by atoms with E-state index in [0.29, 0.717) is 25.0 Å². The Morgan fingerprint density at radius 2 is 1.81 bits per heavy atom. The molecule has 116 valence electrons. The minimum absolute atomic E-state index is 0.386. The van der Waals surface area contributed by atoms with Crippen LogP contribution in [0.15, 0.2) is 18.2 Å². The number of ether oxygens (including phenoxy) is 2. The molecule has 0 saturated heterocycles. The Labute approximate surface area is 127 Å². The minimum Gasteiger partial charge on any atom is -0.489 e. The summed E-state index contributed by atoms with van der Waals surface area (Å²) in [6, 6.07) is 5.87. The van der Waals surface area contributed by atoms with Crippen LogP contribution in [-0.4, -0.2) is 18.3 Å². The van der Waals surface area contributed by atoms with E-state index in [0.717, 1.165) is 23.5 Å². The van der Waals surface area contributed by atoms with Gasteiger partial charge in [-0.15, -0.1) is 0 Å². The summed E-state index contributed by atoms with van der Waals surface area (Å²) in [6.45, 7) is 3.48. The average Bonchev–Trinajstić information content (AvgIpc) is 2.70. The molecular formula is C18H26O3. The van der Waals surface area contributed by atoms with Crippen molar-refractivity contribution in [3.05, 3.63) is 23.8 Å². The normalized spacial score (nSPS) is 24.4. The van der Waals surface area contributed by atoms with Crippen molar-refractivity contribution < 1.29 is 14.6 Å². The fraction of sp³-hybridized carbons (Fsp3) is 0.667. The summed E-state index contributed by atoms with van der Waals surface area (Å²) in [4.78, 5) is 0. The van der Waals surface area contributed by atoms with Gasteiger partial charge < -0.3 is 14.6 Å². The van der Waals surface area contributed by atoms with E-state index in [1.165, 1.54) is 32.1 Å². The van der Waals surface area contributed by atoms with Crippen LogP contribution in [0.25, 0.3) is 0 Å². The highest BCUT2D eigenvalue weighted by molar-refractivity contribution is 5.44. The number of benzene rings is 1. The van der Waals surface area contributed by atoms with Gasteiger partial charge >= 0.3 is 0 Å². The summed E-state index contributed by atoms with van der Waals surface area (Å²) in [5, 5.41) is 10.5.